The average Bonchev–Trinajstić information content (AvgIpc) is 2.76. The summed E-state index contributed by atoms with van der Waals surface area (Å²) in [5, 5.41) is 2.81. The molecule has 0 bridgehead atoms. The van der Waals surface area contributed by atoms with Crippen LogP contribution in [0.15, 0.2) is 89.8 Å². The van der Waals surface area contributed by atoms with Crippen LogP contribution in [0.5, 0.6) is 0 Å². The fourth-order valence-corrected chi connectivity index (χ4v) is 2.52. The van der Waals surface area contributed by atoms with Gasteiger partial charge >= 0.3 is 0 Å². The molecule has 0 radical (unpaired) electrons. The first-order valence-corrected chi connectivity index (χ1v) is 9.54. The van der Waals surface area contributed by atoms with E-state index in [9.17, 15) is 9.59 Å². The van der Waals surface area contributed by atoms with Crippen molar-refractivity contribution in [2.75, 3.05) is 5.32 Å². The fourth-order valence-electron chi connectivity index (χ4n) is 2.37. The van der Waals surface area contributed by atoms with E-state index in [1.54, 1.807) is 54.6 Å². The van der Waals surface area contributed by atoms with E-state index in [0.29, 0.717) is 16.8 Å². The SMILES string of the molecule is CC.O=C(/C=C/c1ccccc1)c1ccc(C(=O)Nc2ccc(S)cc2)cc1. The van der Waals surface area contributed by atoms with Gasteiger partial charge in [0.1, 0.15) is 0 Å². The monoisotopic (exact) mass is 389 g/mol. The van der Waals surface area contributed by atoms with E-state index in [0.717, 1.165) is 10.5 Å². The number of thiol groups is 1. The van der Waals surface area contributed by atoms with Gasteiger partial charge in [-0.05, 0) is 48.0 Å². The molecule has 0 saturated carbocycles. The lowest BCUT2D eigenvalue weighted by Crippen LogP contribution is -2.12. The first kappa shape index (κ1) is 21.2. The van der Waals surface area contributed by atoms with Crippen molar-refractivity contribution in [3.8, 4) is 0 Å². The minimum atomic E-state index is -0.226. The molecule has 1 amide bonds. The van der Waals surface area contributed by atoms with Gasteiger partial charge in [0.25, 0.3) is 5.91 Å². The van der Waals surface area contributed by atoms with Gasteiger partial charge < -0.3 is 5.32 Å². The molecule has 3 nitrogen and oxygen atoms in total. The number of carbonyl (C=O) groups excluding carboxylic acids is 2. The Morgan fingerprint density at radius 1 is 0.786 bits per heavy atom. The van der Waals surface area contributed by atoms with Gasteiger partial charge in [-0.25, -0.2) is 0 Å². The summed E-state index contributed by atoms with van der Waals surface area (Å²) < 4.78 is 0. The molecule has 0 spiro atoms. The van der Waals surface area contributed by atoms with Gasteiger partial charge in [0.15, 0.2) is 5.78 Å². The first-order valence-electron chi connectivity index (χ1n) is 9.10. The molecule has 0 aliphatic heterocycles. The van der Waals surface area contributed by atoms with Crippen molar-refractivity contribution in [1.82, 2.24) is 0 Å². The highest BCUT2D eigenvalue weighted by Crippen LogP contribution is 2.14. The lowest BCUT2D eigenvalue weighted by molar-refractivity contribution is 0.102. The van der Waals surface area contributed by atoms with Crippen molar-refractivity contribution in [1.29, 1.82) is 0 Å². The van der Waals surface area contributed by atoms with Gasteiger partial charge in [-0.15, -0.1) is 12.6 Å². The number of hydrogen-bond acceptors (Lipinski definition) is 3. The van der Waals surface area contributed by atoms with E-state index in [1.165, 1.54) is 6.08 Å². The van der Waals surface area contributed by atoms with Crippen LogP contribution in [0.3, 0.4) is 0 Å². The molecule has 142 valence electrons. The number of anilines is 1. The Bertz CT molecular complexity index is 931. The Hall–Kier alpha value is -3.11. The second-order valence-corrected chi connectivity index (χ2v) is 6.20. The lowest BCUT2D eigenvalue weighted by Gasteiger charge is -2.06. The highest BCUT2D eigenvalue weighted by molar-refractivity contribution is 7.80. The summed E-state index contributed by atoms with van der Waals surface area (Å²) in [6.45, 7) is 4.00. The average molecular weight is 390 g/mol. The van der Waals surface area contributed by atoms with Crippen molar-refractivity contribution < 1.29 is 9.59 Å². The number of allylic oxidation sites excluding steroid dienone is 1. The number of ketones is 1. The van der Waals surface area contributed by atoms with Crippen LogP contribution in [0.4, 0.5) is 5.69 Å². The second-order valence-electron chi connectivity index (χ2n) is 5.69. The standard InChI is InChI=1S/C22H17NO2S.C2H6/c24-21(15-6-16-4-2-1-3-5-16)17-7-9-18(10-8-17)22(25)23-19-11-13-20(26)14-12-19;1-2/h1-15,26H,(H,23,25);1-2H3/b15-6+;. The zero-order chi connectivity index (χ0) is 20.4. The molecule has 0 heterocycles. The van der Waals surface area contributed by atoms with Gasteiger partial charge in [0, 0.05) is 21.7 Å². The third-order valence-corrected chi connectivity index (χ3v) is 4.08. The molecule has 3 aromatic carbocycles. The predicted molar refractivity (Wildman–Crippen MR) is 119 cm³/mol. The maximum atomic E-state index is 12.3. The number of hydrogen-bond donors (Lipinski definition) is 2. The van der Waals surface area contributed by atoms with Crippen LogP contribution in [0.25, 0.3) is 6.08 Å². The first-order chi connectivity index (χ1) is 13.6. The summed E-state index contributed by atoms with van der Waals surface area (Å²) >= 11 is 4.21. The molecule has 3 aromatic rings. The van der Waals surface area contributed by atoms with Crippen LogP contribution >= 0.6 is 12.6 Å². The number of amides is 1. The molecule has 1 N–H and O–H groups in total. The summed E-state index contributed by atoms with van der Waals surface area (Å²) in [5.74, 6) is -0.332. The zero-order valence-corrected chi connectivity index (χ0v) is 16.8. The van der Waals surface area contributed by atoms with Crippen molar-refractivity contribution in [2.24, 2.45) is 0 Å². The summed E-state index contributed by atoms with van der Waals surface area (Å²) in [6, 6.07) is 23.4. The summed E-state index contributed by atoms with van der Waals surface area (Å²) in [4.78, 5) is 25.3. The molecule has 0 fully saturated rings. The zero-order valence-electron chi connectivity index (χ0n) is 15.9. The molecular weight excluding hydrogens is 366 g/mol. The van der Waals surface area contributed by atoms with Gasteiger partial charge in [0.05, 0.1) is 0 Å². The summed E-state index contributed by atoms with van der Waals surface area (Å²) in [7, 11) is 0. The van der Waals surface area contributed by atoms with Crippen molar-refractivity contribution in [3.63, 3.8) is 0 Å². The van der Waals surface area contributed by atoms with Crippen LogP contribution in [-0.4, -0.2) is 11.7 Å². The molecule has 4 heteroatoms. The molecule has 0 aliphatic rings. The Labute approximate surface area is 171 Å². The molecule has 3 rings (SSSR count). The molecule has 0 aliphatic carbocycles. The minimum Gasteiger partial charge on any atom is -0.322 e. The largest absolute Gasteiger partial charge is 0.322 e. The van der Waals surface area contributed by atoms with Crippen LogP contribution in [0, 0.1) is 0 Å². The maximum absolute atomic E-state index is 12.3. The van der Waals surface area contributed by atoms with E-state index in [4.69, 9.17) is 0 Å². The quantitative estimate of drug-likeness (QED) is 0.312. The highest BCUT2D eigenvalue weighted by atomic mass is 32.1. The third-order valence-electron chi connectivity index (χ3n) is 3.78. The molecule has 0 saturated heterocycles. The van der Waals surface area contributed by atoms with Crippen molar-refractivity contribution in [3.05, 3.63) is 102 Å². The molecule has 28 heavy (non-hydrogen) atoms. The molecule has 0 unspecified atom stereocenters. The lowest BCUT2D eigenvalue weighted by atomic mass is 10.1. The molecular formula is C24H23NO2S. The normalized spacial score (nSPS) is 10.1. The van der Waals surface area contributed by atoms with E-state index < -0.39 is 0 Å². The molecule has 0 aromatic heterocycles. The highest BCUT2D eigenvalue weighted by Gasteiger charge is 2.08. The van der Waals surface area contributed by atoms with E-state index in [-0.39, 0.29) is 11.7 Å². The van der Waals surface area contributed by atoms with Crippen LogP contribution in [0.2, 0.25) is 0 Å². The summed E-state index contributed by atoms with van der Waals surface area (Å²) in [6.07, 6.45) is 3.30. The van der Waals surface area contributed by atoms with Gasteiger partial charge in [-0.1, -0.05) is 62.4 Å². The Balaban J connectivity index is 0.00000136. The predicted octanol–water partition coefficient (Wildman–Crippen LogP) is 6.15. The van der Waals surface area contributed by atoms with Crippen LogP contribution < -0.4 is 5.32 Å². The second kappa shape index (κ2) is 10.9. The van der Waals surface area contributed by atoms with Gasteiger partial charge in [-0.3, -0.25) is 9.59 Å². The Kier molecular flexibility index (Phi) is 8.25. The van der Waals surface area contributed by atoms with E-state index in [1.807, 2.05) is 44.2 Å². The van der Waals surface area contributed by atoms with E-state index in [2.05, 4.69) is 17.9 Å². The van der Waals surface area contributed by atoms with Crippen LogP contribution in [-0.2, 0) is 0 Å². The van der Waals surface area contributed by atoms with Crippen molar-refractivity contribution in [2.45, 2.75) is 18.7 Å². The smallest absolute Gasteiger partial charge is 0.255 e. The maximum Gasteiger partial charge on any atom is 0.255 e. The summed E-state index contributed by atoms with van der Waals surface area (Å²) in [5.41, 5.74) is 2.68. The fraction of sp³-hybridized carbons (Fsp3) is 0.0833. The Morgan fingerprint density at radius 2 is 1.36 bits per heavy atom. The third kappa shape index (κ3) is 6.25. The molecule has 0 atom stereocenters. The number of benzene rings is 3. The number of nitrogens with one attached hydrogen (secondary N) is 1. The van der Waals surface area contributed by atoms with Gasteiger partial charge in [0.2, 0.25) is 0 Å². The van der Waals surface area contributed by atoms with Gasteiger partial charge in [-0.2, -0.15) is 0 Å². The number of carbonyl (C=O) groups is 2. The Morgan fingerprint density at radius 3 is 1.96 bits per heavy atom. The number of rotatable bonds is 5. The van der Waals surface area contributed by atoms with Crippen molar-refractivity contribution >= 4 is 36.1 Å². The minimum absolute atomic E-state index is 0.106. The van der Waals surface area contributed by atoms with E-state index >= 15 is 0 Å². The topological polar surface area (TPSA) is 46.2 Å². The van der Waals surface area contributed by atoms with Crippen LogP contribution in [0.1, 0.15) is 40.1 Å².